The Labute approximate surface area is 313 Å². The maximum absolute atomic E-state index is 12.5. The minimum Gasteiger partial charge on any atom is -0.463 e. The molecule has 10 heteroatoms. The molecule has 0 bridgehead atoms. The summed E-state index contributed by atoms with van der Waals surface area (Å²) in [5.74, 6) is -0.361. The highest BCUT2D eigenvalue weighted by atomic mass is 28.4. The van der Waals surface area contributed by atoms with Crippen molar-refractivity contribution in [3.8, 4) is 0 Å². The second-order valence-corrected chi connectivity index (χ2v) is 20.4. The van der Waals surface area contributed by atoms with Crippen molar-refractivity contribution in [1.82, 2.24) is 0 Å². The molecule has 0 aromatic heterocycles. The van der Waals surface area contributed by atoms with Gasteiger partial charge in [0.05, 0.1) is 44.2 Å². The lowest BCUT2D eigenvalue weighted by Crippen LogP contribution is -2.71. The van der Waals surface area contributed by atoms with Crippen molar-refractivity contribution in [3.63, 3.8) is 0 Å². The molecule has 0 amide bonds. The largest absolute Gasteiger partial charge is 0.463 e. The first-order valence-corrected chi connectivity index (χ1v) is 21.5. The molecule has 0 spiro atoms. The standard InChI is InChI=1S/C42H62O9Si/c1-11-46-40(43)31(3)24-30(2)25-35-36(51-52(9,10)41(4,5)6)26-37-42(7,50-35)39(48-29-44-8)38(47-28-33-20-16-13-17-21-33)34(49-37)22-23-45-27-32-18-14-12-15-19-32/h12-21,24,34-39H,2,11,22-23,25-29H2,1,3-10H3/b31-24+/t34-,35+,36-,37+,38-,39-,42+/m1/s1. The van der Waals surface area contributed by atoms with Gasteiger partial charge >= 0.3 is 5.97 Å². The Bertz CT molecular complexity index is 1440. The van der Waals surface area contributed by atoms with E-state index in [2.05, 4.69) is 59.5 Å². The molecule has 52 heavy (non-hydrogen) atoms. The van der Waals surface area contributed by atoms with Crippen molar-refractivity contribution in [2.24, 2.45) is 0 Å². The molecular weight excluding hydrogens is 677 g/mol. The monoisotopic (exact) mass is 738 g/mol. The number of methoxy groups -OCH3 is 1. The van der Waals surface area contributed by atoms with Crippen LogP contribution in [0.25, 0.3) is 0 Å². The maximum Gasteiger partial charge on any atom is 0.333 e. The van der Waals surface area contributed by atoms with Gasteiger partial charge in [-0.15, -0.1) is 0 Å². The van der Waals surface area contributed by atoms with E-state index in [1.165, 1.54) is 0 Å². The zero-order valence-corrected chi connectivity index (χ0v) is 33.9. The van der Waals surface area contributed by atoms with Gasteiger partial charge in [0.2, 0.25) is 0 Å². The molecule has 0 radical (unpaired) electrons. The molecule has 2 fully saturated rings. The number of fused-ring (bicyclic) bond motifs is 1. The van der Waals surface area contributed by atoms with Gasteiger partial charge in [-0.25, -0.2) is 4.79 Å². The first kappa shape index (κ1) is 42.1. The fourth-order valence-corrected chi connectivity index (χ4v) is 8.02. The van der Waals surface area contributed by atoms with E-state index in [9.17, 15) is 4.79 Å². The van der Waals surface area contributed by atoms with Crippen molar-refractivity contribution in [2.75, 3.05) is 27.1 Å². The molecule has 7 atom stereocenters. The van der Waals surface area contributed by atoms with Crippen LogP contribution >= 0.6 is 0 Å². The predicted octanol–water partition coefficient (Wildman–Crippen LogP) is 8.33. The lowest BCUT2D eigenvalue weighted by Gasteiger charge is -2.58. The van der Waals surface area contributed by atoms with Crippen molar-refractivity contribution < 1.29 is 42.4 Å². The van der Waals surface area contributed by atoms with Crippen LogP contribution in [0.4, 0.5) is 0 Å². The summed E-state index contributed by atoms with van der Waals surface area (Å²) in [7, 11) is -0.639. The lowest BCUT2D eigenvalue weighted by molar-refractivity contribution is -0.343. The van der Waals surface area contributed by atoms with E-state index in [4.69, 9.17) is 37.6 Å². The van der Waals surface area contributed by atoms with Gasteiger partial charge in [-0.2, -0.15) is 0 Å². The van der Waals surface area contributed by atoms with Crippen LogP contribution in [0.1, 0.15) is 71.9 Å². The van der Waals surface area contributed by atoms with E-state index in [1.54, 1.807) is 27.0 Å². The zero-order chi connectivity index (χ0) is 37.9. The maximum atomic E-state index is 12.5. The van der Waals surface area contributed by atoms with Gasteiger partial charge in [0.1, 0.15) is 24.6 Å². The number of ether oxygens (including phenoxy) is 7. The van der Waals surface area contributed by atoms with Gasteiger partial charge in [-0.3, -0.25) is 0 Å². The Morgan fingerprint density at radius 3 is 2.23 bits per heavy atom. The van der Waals surface area contributed by atoms with E-state index >= 15 is 0 Å². The van der Waals surface area contributed by atoms with Crippen LogP contribution in [0, 0.1) is 0 Å². The van der Waals surface area contributed by atoms with Crippen molar-refractivity contribution >= 4 is 14.3 Å². The number of allylic oxidation sites excluding steroid dienone is 1. The Morgan fingerprint density at radius 1 is 1.00 bits per heavy atom. The summed E-state index contributed by atoms with van der Waals surface area (Å²) in [4.78, 5) is 12.5. The Balaban J connectivity index is 1.66. The number of carbonyl (C=O) groups excluding carboxylic acids is 1. The lowest BCUT2D eigenvalue weighted by atomic mass is 9.77. The minimum atomic E-state index is -2.25. The second-order valence-electron chi connectivity index (χ2n) is 15.6. The van der Waals surface area contributed by atoms with Crippen molar-refractivity contribution in [3.05, 3.63) is 95.6 Å². The molecule has 2 saturated heterocycles. The van der Waals surface area contributed by atoms with Gasteiger partial charge in [0.25, 0.3) is 0 Å². The molecule has 2 aromatic carbocycles. The summed E-state index contributed by atoms with van der Waals surface area (Å²) in [6.45, 7) is 22.9. The van der Waals surface area contributed by atoms with Gasteiger partial charge in [-0.05, 0) is 62.5 Å². The molecule has 288 valence electrons. The SMILES string of the molecule is C=C(/C=C(\C)C(=O)OCC)C[C@@H]1O[C@@]2(C)[C@H](C[C@H]1O[Si](C)(C)C(C)(C)C)O[C@H](CCOCc1ccccc1)[C@@H](OCc1ccccc1)[C@H]2OCOC. The van der Waals surface area contributed by atoms with Crippen LogP contribution in [0.3, 0.4) is 0 Å². The molecule has 0 saturated carbocycles. The van der Waals surface area contributed by atoms with Crippen LogP contribution in [0.15, 0.2) is 84.5 Å². The average Bonchev–Trinajstić information content (AvgIpc) is 3.09. The average molecular weight is 739 g/mol. The van der Waals surface area contributed by atoms with Gasteiger partial charge in [0.15, 0.2) is 8.32 Å². The Morgan fingerprint density at radius 2 is 1.63 bits per heavy atom. The smallest absolute Gasteiger partial charge is 0.333 e. The van der Waals surface area contributed by atoms with Crippen LogP contribution in [0.2, 0.25) is 18.1 Å². The summed E-state index contributed by atoms with van der Waals surface area (Å²) in [6.07, 6.45) is 0.964. The highest BCUT2D eigenvalue weighted by Gasteiger charge is 2.60. The number of hydrogen-bond donors (Lipinski definition) is 0. The molecular formula is C42H62O9Si. The van der Waals surface area contributed by atoms with E-state index in [0.29, 0.717) is 51.3 Å². The molecule has 0 aliphatic carbocycles. The fourth-order valence-electron chi connectivity index (χ4n) is 6.66. The predicted molar refractivity (Wildman–Crippen MR) is 205 cm³/mol. The Kier molecular flexibility index (Phi) is 15.4. The van der Waals surface area contributed by atoms with Crippen LogP contribution < -0.4 is 0 Å². The molecule has 2 aliphatic rings. The fraction of sp³-hybridized carbons (Fsp3) is 0.595. The van der Waals surface area contributed by atoms with E-state index in [1.807, 2.05) is 48.5 Å². The third-order valence-corrected chi connectivity index (χ3v) is 15.0. The summed E-state index contributed by atoms with van der Waals surface area (Å²) in [6, 6.07) is 20.2. The highest BCUT2D eigenvalue weighted by molar-refractivity contribution is 6.74. The first-order chi connectivity index (χ1) is 24.7. The van der Waals surface area contributed by atoms with Gasteiger partial charge in [-0.1, -0.05) is 93.6 Å². The Hall–Kier alpha value is -2.67. The first-order valence-electron chi connectivity index (χ1n) is 18.6. The molecule has 4 rings (SSSR count). The van der Waals surface area contributed by atoms with Gasteiger partial charge in [0, 0.05) is 32.1 Å². The van der Waals surface area contributed by atoms with E-state index < -0.39 is 32.2 Å². The second kappa shape index (κ2) is 19.1. The summed E-state index contributed by atoms with van der Waals surface area (Å²) in [5.41, 5.74) is 2.47. The van der Waals surface area contributed by atoms with E-state index in [0.717, 1.165) is 16.7 Å². The summed E-state index contributed by atoms with van der Waals surface area (Å²) >= 11 is 0. The van der Waals surface area contributed by atoms with Gasteiger partial charge < -0.3 is 37.6 Å². The number of hydrogen-bond acceptors (Lipinski definition) is 9. The third kappa shape index (κ3) is 11.2. The number of rotatable bonds is 18. The van der Waals surface area contributed by atoms with Crippen LogP contribution in [-0.4, -0.2) is 83.6 Å². The number of benzene rings is 2. The number of carbonyl (C=O) groups is 1. The minimum absolute atomic E-state index is 0.0256. The highest BCUT2D eigenvalue weighted by Crippen LogP contribution is 2.47. The zero-order valence-electron chi connectivity index (χ0n) is 32.9. The summed E-state index contributed by atoms with van der Waals surface area (Å²) in [5, 5.41) is -0.0256. The molecule has 9 nitrogen and oxygen atoms in total. The van der Waals surface area contributed by atoms with Crippen molar-refractivity contribution in [1.29, 1.82) is 0 Å². The molecule has 2 aromatic rings. The quantitative estimate of drug-likeness (QED) is 0.0374. The third-order valence-electron chi connectivity index (χ3n) is 10.5. The number of esters is 1. The molecule has 0 unspecified atom stereocenters. The van der Waals surface area contributed by atoms with Crippen molar-refractivity contribution in [2.45, 2.75) is 134 Å². The molecule has 0 N–H and O–H groups in total. The van der Waals surface area contributed by atoms with E-state index in [-0.39, 0.29) is 36.1 Å². The topological polar surface area (TPSA) is 90.9 Å². The van der Waals surface area contributed by atoms with Crippen LogP contribution in [-0.2, 0) is 55.6 Å². The molecule has 2 heterocycles. The summed E-state index contributed by atoms with van der Waals surface area (Å²) < 4.78 is 51.6. The normalized spacial score (nSPS) is 26.8. The van der Waals surface area contributed by atoms with Crippen LogP contribution in [0.5, 0.6) is 0 Å². The molecule has 2 aliphatic heterocycles.